The van der Waals surface area contributed by atoms with Gasteiger partial charge in [-0.25, -0.2) is 4.79 Å². The summed E-state index contributed by atoms with van der Waals surface area (Å²) in [5.74, 6) is 0.303. The standard InChI is InChI=1S/C34H38N2O3/c1-23(20-24-4-2-5-24)35-16-18-36(19-17-35)29-12-8-25(9-13-29)33-31(26-6-3-7-30(37)22-26)14-10-27-21-28(34(38)39)11-15-32(27)33/h3,6-9,11-13,15,21-24,37H,2,4-5,10,14,16-20H2,1H3,(H,38,39). The van der Waals surface area contributed by atoms with E-state index in [1.54, 1.807) is 12.1 Å². The molecule has 0 aromatic heterocycles. The first-order chi connectivity index (χ1) is 19.0. The minimum absolute atomic E-state index is 0.253. The summed E-state index contributed by atoms with van der Waals surface area (Å²) in [6.07, 6.45) is 7.17. The number of hydrogen-bond acceptors (Lipinski definition) is 4. The average molecular weight is 523 g/mol. The minimum Gasteiger partial charge on any atom is -0.508 e. The van der Waals surface area contributed by atoms with Gasteiger partial charge in [-0.15, -0.1) is 0 Å². The maximum Gasteiger partial charge on any atom is 0.335 e. The molecule has 0 spiro atoms. The largest absolute Gasteiger partial charge is 0.508 e. The third kappa shape index (κ3) is 5.33. The molecule has 0 radical (unpaired) electrons. The molecule has 0 bridgehead atoms. The van der Waals surface area contributed by atoms with Gasteiger partial charge in [-0.05, 0) is 102 Å². The lowest BCUT2D eigenvalue weighted by Gasteiger charge is -2.41. The molecular weight excluding hydrogens is 484 g/mol. The topological polar surface area (TPSA) is 64.0 Å². The van der Waals surface area contributed by atoms with Gasteiger partial charge in [-0.2, -0.15) is 0 Å². The summed E-state index contributed by atoms with van der Waals surface area (Å²) in [5, 5.41) is 19.7. The van der Waals surface area contributed by atoms with Gasteiger partial charge in [0.15, 0.2) is 0 Å². The van der Waals surface area contributed by atoms with Crippen LogP contribution in [0.4, 0.5) is 5.69 Å². The molecular formula is C34H38N2O3. The number of allylic oxidation sites excluding steroid dienone is 1. The first-order valence-electron chi connectivity index (χ1n) is 14.4. The molecule has 1 unspecified atom stereocenters. The van der Waals surface area contributed by atoms with E-state index in [4.69, 9.17) is 0 Å². The van der Waals surface area contributed by atoms with Crippen LogP contribution >= 0.6 is 0 Å². The van der Waals surface area contributed by atoms with Crippen LogP contribution in [0, 0.1) is 5.92 Å². The smallest absolute Gasteiger partial charge is 0.335 e. The van der Waals surface area contributed by atoms with E-state index in [0.717, 1.165) is 72.8 Å². The van der Waals surface area contributed by atoms with E-state index in [2.05, 4.69) is 41.0 Å². The Morgan fingerprint density at radius 1 is 0.923 bits per heavy atom. The molecule has 2 fully saturated rings. The van der Waals surface area contributed by atoms with E-state index in [9.17, 15) is 15.0 Å². The number of aryl methyl sites for hydroxylation is 1. The number of carbonyl (C=O) groups is 1. The highest BCUT2D eigenvalue weighted by Gasteiger charge is 2.27. The Morgan fingerprint density at radius 2 is 1.69 bits per heavy atom. The highest BCUT2D eigenvalue weighted by Crippen LogP contribution is 2.42. The van der Waals surface area contributed by atoms with Crippen molar-refractivity contribution in [2.24, 2.45) is 5.92 Å². The summed E-state index contributed by atoms with van der Waals surface area (Å²) in [7, 11) is 0. The summed E-state index contributed by atoms with van der Waals surface area (Å²) in [6.45, 7) is 6.73. The third-order valence-corrected chi connectivity index (χ3v) is 9.12. The Balaban J connectivity index is 1.26. The van der Waals surface area contributed by atoms with Crippen LogP contribution in [0.5, 0.6) is 5.75 Å². The Bertz CT molecular complexity index is 1380. The molecule has 202 valence electrons. The Kier molecular flexibility index (Phi) is 7.18. The number of aromatic carboxylic acids is 1. The van der Waals surface area contributed by atoms with Crippen molar-refractivity contribution in [1.82, 2.24) is 4.90 Å². The fourth-order valence-electron chi connectivity index (χ4n) is 6.66. The van der Waals surface area contributed by atoms with Gasteiger partial charge in [0.25, 0.3) is 0 Å². The van der Waals surface area contributed by atoms with Gasteiger partial charge in [0.05, 0.1) is 5.56 Å². The Morgan fingerprint density at radius 3 is 2.36 bits per heavy atom. The fourth-order valence-corrected chi connectivity index (χ4v) is 6.66. The zero-order valence-corrected chi connectivity index (χ0v) is 22.8. The quantitative estimate of drug-likeness (QED) is 0.362. The van der Waals surface area contributed by atoms with Crippen LogP contribution in [0.1, 0.15) is 71.6 Å². The van der Waals surface area contributed by atoms with Crippen molar-refractivity contribution in [3.05, 3.63) is 94.5 Å². The molecule has 1 heterocycles. The van der Waals surface area contributed by atoms with E-state index >= 15 is 0 Å². The van der Waals surface area contributed by atoms with Crippen molar-refractivity contribution >= 4 is 22.8 Å². The number of nitrogens with zero attached hydrogens (tertiary/aromatic N) is 2. The first kappa shape index (κ1) is 25.7. The van der Waals surface area contributed by atoms with Crippen LogP contribution in [-0.4, -0.2) is 53.3 Å². The van der Waals surface area contributed by atoms with Gasteiger partial charge < -0.3 is 15.1 Å². The maximum absolute atomic E-state index is 11.6. The molecule has 1 saturated heterocycles. The number of hydrogen-bond donors (Lipinski definition) is 2. The van der Waals surface area contributed by atoms with Gasteiger partial charge in [-0.1, -0.05) is 49.6 Å². The summed E-state index contributed by atoms with van der Waals surface area (Å²) < 4.78 is 0. The monoisotopic (exact) mass is 522 g/mol. The van der Waals surface area contributed by atoms with Crippen molar-refractivity contribution in [3.8, 4) is 5.75 Å². The molecule has 3 aliphatic rings. The van der Waals surface area contributed by atoms with Crippen LogP contribution < -0.4 is 4.90 Å². The number of carboxylic acid groups (broad SMARTS) is 1. The molecule has 1 saturated carbocycles. The molecule has 1 atom stereocenters. The molecule has 3 aromatic carbocycles. The van der Waals surface area contributed by atoms with Crippen molar-refractivity contribution < 1.29 is 15.0 Å². The van der Waals surface area contributed by atoms with Gasteiger partial charge in [-0.3, -0.25) is 4.90 Å². The Hall–Kier alpha value is -3.57. The van der Waals surface area contributed by atoms with Crippen LogP contribution in [0.2, 0.25) is 0 Å². The number of carboxylic acids is 1. The molecule has 2 N–H and O–H groups in total. The second-order valence-corrected chi connectivity index (χ2v) is 11.5. The number of aromatic hydroxyl groups is 1. The average Bonchev–Trinajstić information content (AvgIpc) is 2.94. The lowest BCUT2D eigenvalue weighted by Crippen LogP contribution is -2.50. The number of piperazine rings is 1. The van der Waals surface area contributed by atoms with Crippen LogP contribution in [0.15, 0.2) is 66.7 Å². The zero-order valence-electron chi connectivity index (χ0n) is 22.8. The Labute approximate surface area is 231 Å². The summed E-state index contributed by atoms with van der Waals surface area (Å²) >= 11 is 0. The number of rotatable bonds is 7. The van der Waals surface area contributed by atoms with Gasteiger partial charge in [0.2, 0.25) is 0 Å². The molecule has 3 aromatic rings. The van der Waals surface area contributed by atoms with Gasteiger partial charge in [0.1, 0.15) is 5.75 Å². The molecule has 39 heavy (non-hydrogen) atoms. The first-order valence-corrected chi connectivity index (χ1v) is 14.4. The summed E-state index contributed by atoms with van der Waals surface area (Å²) in [5.41, 5.74) is 8.15. The van der Waals surface area contributed by atoms with Crippen LogP contribution in [-0.2, 0) is 6.42 Å². The molecule has 5 heteroatoms. The van der Waals surface area contributed by atoms with Crippen molar-refractivity contribution in [2.45, 2.75) is 51.5 Å². The molecule has 0 amide bonds. The van der Waals surface area contributed by atoms with E-state index in [-0.39, 0.29) is 5.75 Å². The molecule has 6 rings (SSSR count). The van der Waals surface area contributed by atoms with E-state index < -0.39 is 5.97 Å². The predicted molar refractivity (Wildman–Crippen MR) is 157 cm³/mol. The van der Waals surface area contributed by atoms with Crippen LogP contribution in [0.3, 0.4) is 0 Å². The number of phenols is 1. The van der Waals surface area contributed by atoms with Gasteiger partial charge in [0, 0.05) is 37.9 Å². The zero-order chi connectivity index (χ0) is 26.9. The molecule has 1 aliphatic heterocycles. The van der Waals surface area contributed by atoms with Crippen molar-refractivity contribution in [1.29, 1.82) is 0 Å². The maximum atomic E-state index is 11.6. The van der Waals surface area contributed by atoms with E-state index in [1.807, 2.05) is 30.3 Å². The van der Waals surface area contributed by atoms with E-state index in [1.165, 1.54) is 36.9 Å². The molecule has 2 aliphatic carbocycles. The number of benzene rings is 3. The highest BCUT2D eigenvalue weighted by atomic mass is 16.4. The lowest BCUT2D eigenvalue weighted by molar-refractivity contribution is 0.0696. The lowest BCUT2D eigenvalue weighted by atomic mass is 9.79. The summed E-state index contributed by atoms with van der Waals surface area (Å²) in [4.78, 5) is 16.8. The normalized spacial score (nSPS) is 18.9. The minimum atomic E-state index is -0.899. The highest BCUT2D eigenvalue weighted by molar-refractivity contribution is 6.01. The summed E-state index contributed by atoms with van der Waals surface area (Å²) in [6, 6.07) is 22.5. The predicted octanol–water partition coefficient (Wildman–Crippen LogP) is 6.70. The number of fused-ring (bicyclic) bond motifs is 1. The second kappa shape index (κ2) is 10.9. The van der Waals surface area contributed by atoms with Crippen molar-refractivity contribution in [3.63, 3.8) is 0 Å². The SMILES string of the molecule is CC(CC1CCC1)N1CCN(c2ccc(C3=C(c4cccc(O)c4)CCc4cc(C(=O)O)ccc43)cc2)CC1. The third-order valence-electron chi connectivity index (χ3n) is 9.12. The number of phenolic OH excluding ortho intramolecular Hbond substituents is 1. The van der Waals surface area contributed by atoms with Crippen LogP contribution in [0.25, 0.3) is 11.1 Å². The fraction of sp³-hybridized carbons (Fsp3) is 0.382. The molecule has 5 nitrogen and oxygen atoms in total. The number of anilines is 1. The van der Waals surface area contributed by atoms with E-state index in [0.29, 0.717) is 11.6 Å². The van der Waals surface area contributed by atoms with Crippen molar-refractivity contribution in [2.75, 3.05) is 31.1 Å². The van der Waals surface area contributed by atoms with Gasteiger partial charge >= 0.3 is 5.97 Å². The second-order valence-electron chi connectivity index (χ2n) is 11.5.